The van der Waals surface area contributed by atoms with Crippen LogP contribution < -0.4 is 4.74 Å². The van der Waals surface area contributed by atoms with E-state index >= 15 is 0 Å². The highest BCUT2D eigenvalue weighted by Crippen LogP contribution is 2.33. The van der Waals surface area contributed by atoms with Gasteiger partial charge in [-0.25, -0.2) is 9.97 Å². The molecule has 3 heterocycles. The van der Waals surface area contributed by atoms with E-state index in [2.05, 4.69) is 13.8 Å². The second-order valence-corrected chi connectivity index (χ2v) is 6.75. The Bertz CT molecular complexity index is 1120. The first-order valence-electron chi connectivity index (χ1n) is 8.40. The zero-order chi connectivity index (χ0) is 17.7. The molecule has 0 aliphatic carbocycles. The molecule has 4 aromatic rings. The maximum Gasteiger partial charge on any atom is 0.308 e. The van der Waals surface area contributed by atoms with Crippen molar-refractivity contribution in [3.05, 3.63) is 36.3 Å². The van der Waals surface area contributed by atoms with Crippen molar-refractivity contribution in [2.45, 2.75) is 34.2 Å². The lowest BCUT2D eigenvalue weighted by molar-refractivity contribution is -0.131. The van der Waals surface area contributed by atoms with E-state index in [1.807, 2.05) is 46.4 Å². The van der Waals surface area contributed by atoms with Crippen LogP contribution >= 0.6 is 0 Å². The molecule has 0 fully saturated rings. The number of nitrogens with zero attached hydrogens (tertiary/aromatic N) is 4. The lowest BCUT2D eigenvalue weighted by Crippen LogP contribution is -2.05. The average molecular weight is 336 g/mol. The number of fused-ring (bicyclic) bond motifs is 5. The van der Waals surface area contributed by atoms with Crippen molar-refractivity contribution in [2.24, 2.45) is 5.92 Å². The normalized spacial score (nSPS) is 11.9. The molecule has 128 valence electrons. The molecule has 0 amide bonds. The third-order valence-corrected chi connectivity index (χ3v) is 4.21. The van der Waals surface area contributed by atoms with Crippen LogP contribution in [0.2, 0.25) is 0 Å². The van der Waals surface area contributed by atoms with Crippen LogP contribution in [0, 0.1) is 12.8 Å². The fourth-order valence-electron chi connectivity index (χ4n) is 3.34. The Morgan fingerprint density at radius 3 is 2.68 bits per heavy atom. The standard InChI is InChI=1S/C19H20N4O2/c1-11(2)9-22-10-16(25-13(4)24)17-18(22)20-12(3)23-15-8-6-5-7-14(15)21-19(17)23/h5-8,10-11H,9H2,1-4H3. The summed E-state index contributed by atoms with van der Waals surface area (Å²) in [5.41, 5.74) is 3.45. The van der Waals surface area contributed by atoms with Crippen molar-refractivity contribution in [1.82, 2.24) is 18.9 Å². The summed E-state index contributed by atoms with van der Waals surface area (Å²) in [6, 6.07) is 7.94. The molecule has 0 spiro atoms. The van der Waals surface area contributed by atoms with Gasteiger partial charge in [-0.2, -0.15) is 0 Å². The number of para-hydroxylation sites is 2. The quantitative estimate of drug-likeness (QED) is 0.535. The van der Waals surface area contributed by atoms with Crippen LogP contribution in [0.5, 0.6) is 5.75 Å². The summed E-state index contributed by atoms with van der Waals surface area (Å²) in [6.07, 6.45) is 1.86. The summed E-state index contributed by atoms with van der Waals surface area (Å²) in [4.78, 5) is 21.2. The van der Waals surface area contributed by atoms with E-state index in [9.17, 15) is 4.79 Å². The first-order chi connectivity index (χ1) is 12.0. The largest absolute Gasteiger partial charge is 0.424 e. The second-order valence-electron chi connectivity index (χ2n) is 6.75. The smallest absolute Gasteiger partial charge is 0.308 e. The Hall–Kier alpha value is -2.89. The second kappa shape index (κ2) is 5.58. The molecular formula is C19H20N4O2. The van der Waals surface area contributed by atoms with E-state index in [0.29, 0.717) is 11.7 Å². The number of ether oxygens (including phenoxy) is 1. The molecule has 3 aromatic heterocycles. The van der Waals surface area contributed by atoms with Crippen LogP contribution in [0.25, 0.3) is 27.7 Å². The van der Waals surface area contributed by atoms with Crippen LogP contribution in [0.1, 0.15) is 26.6 Å². The van der Waals surface area contributed by atoms with E-state index in [4.69, 9.17) is 14.7 Å². The van der Waals surface area contributed by atoms with E-state index in [0.717, 1.165) is 40.1 Å². The Kier molecular flexibility index (Phi) is 3.49. The van der Waals surface area contributed by atoms with E-state index in [-0.39, 0.29) is 5.97 Å². The van der Waals surface area contributed by atoms with Crippen LogP contribution in [-0.4, -0.2) is 24.9 Å². The van der Waals surface area contributed by atoms with Gasteiger partial charge < -0.3 is 9.30 Å². The van der Waals surface area contributed by atoms with Gasteiger partial charge in [-0.1, -0.05) is 26.0 Å². The molecule has 0 aliphatic heterocycles. The summed E-state index contributed by atoms with van der Waals surface area (Å²) < 4.78 is 9.55. The minimum absolute atomic E-state index is 0.349. The number of aromatic nitrogens is 4. The highest BCUT2D eigenvalue weighted by Gasteiger charge is 2.20. The van der Waals surface area contributed by atoms with Gasteiger partial charge in [-0.15, -0.1) is 0 Å². The third kappa shape index (κ3) is 2.45. The highest BCUT2D eigenvalue weighted by molar-refractivity contribution is 6.00. The topological polar surface area (TPSA) is 61.4 Å². The van der Waals surface area contributed by atoms with Gasteiger partial charge >= 0.3 is 5.97 Å². The number of carbonyl (C=O) groups is 1. The maximum absolute atomic E-state index is 11.6. The van der Waals surface area contributed by atoms with E-state index in [1.54, 1.807) is 0 Å². The number of carbonyl (C=O) groups excluding carboxylic acids is 1. The van der Waals surface area contributed by atoms with Crippen molar-refractivity contribution in [1.29, 1.82) is 0 Å². The molecule has 1 aromatic carbocycles. The minimum Gasteiger partial charge on any atom is -0.424 e. The van der Waals surface area contributed by atoms with Crippen molar-refractivity contribution in [2.75, 3.05) is 0 Å². The van der Waals surface area contributed by atoms with Crippen molar-refractivity contribution >= 4 is 33.7 Å². The monoisotopic (exact) mass is 336 g/mol. The number of rotatable bonds is 3. The van der Waals surface area contributed by atoms with Gasteiger partial charge in [0.15, 0.2) is 11.4 Å². The van der Waals surface area contributed by atoms with Crippen LogP contribution in [-0.2, 0) is 11.3 Å². The predicted octanol–water partition coefficient (Wildman–Crippen LogP) is 3.73. The van der Waals surface area contributed by atoms with Gasteiger partial charge in [-0.3, -0.25) is 9.20 Å². The number of esters is 1. The van der Waals surface area contributed by atoms with Gasteiger partial charge in [-0.05, 0) is 25.0 Å². The Morgan fingerprint density at radius 1 is 1.20 bits per heavy atom. The van der Waals surface area contributed by atoms with Crippen molar-refractivity contribution in [3.63, 3.8) is 0 Å². The molecule has 0 N–H and O–H groups in total. The molecule has 4 rings (SSSR count). The van der Waals surface area contributed by atoms with Crippen LogP contribution in [0.4, 0.5) is 0 Å². The first kappa shape index (κ1) is 15.6. The van der Waals surface area contributed by atoms with Gasteiger partial charge in [0.25, 0.3) is 0 Å². The average Bonchev–Trinajstić information content (AvgIpc) is 3.05. The molecule has 0 radical (unpaired) electrons. The lowest BCUT2D eigenvalue weighted by Gasteiger charge is -2.08. The van der Waals surface area contributed by atoms with E-state index in [1.165, 1.54) is 6.92 Å². The molecule has 0 unspecified atom stereocenters. The molecule has 0 atom stereocenters. The fourth-order valence-corrected chi connectivity index (χ4v) is 3.34. The summed E-state index contributed by atoms with van der Waals surface area (Å²) in [5, 5.41) is 0.776. The molecule has 0 saturated heterocycles. The Balaban J connectivity index is 2.14. The van der Waals surface area contributed by atoms with Crippen molar-refractivity contribution < 1.29 is 9.53 Å². The zero-order valence-corrected chi connectivity index (χ0v) is 14.8. The number of benzene rings is 1. The van der Waals surface area contributed by atoms with E-state index < -0.39 is 0 Å². The summed E-state index contributed by atoms with van der Waals surface area (Å²) in [5.74, 6) is 1.46. The fraction of sp³-hybridized carbons (Fsp3) is 0.316. The lowest BCUT2D eigenvalue weighted by atomic mass is 10.2. The minimum atomic E-state index is -0.349. The molecule has 6 nitrogen and oxygen atoms in total. The molecular weight excluding hydrogens is 316 g/mol. The maximum atomic E-state index is 11.6. The highest BCUT2D eigenvalue weighted by atomic mass is 16.5. The SMILES string of the molecule is CC(=O)Oc1cn(CC(C)C)c2nc(C)n3c4ccccc4nc3c12. The first-order valence-corrected chi connectivity index (χ1v) is 8.40. The van der Waals surface area contributed by atoms with Crippen molar-refractivity contribution in [3.8, 4) is 5.75 Å². The van der Waals surface area contributed by atoms with Gasteiger partial charge in [0.2, 0.25) is 0 Å². The molecule has 0 saturated carbocycles. The predicted molar refractivity (Wildman–Crippen MR) is 96.9 cm³/mol. The zero-order valence-electron chi connectivity index (χ0n) is 14.8. The summed E-state index contributed by atoms with van der Waals surface area (Å²) in [7, 11) is 0. The number of hydrogen-bond donors (Lipinski definition) is 0. The van der Waals surface area contributed by atoms with Crippen LogP contribution in [0.3, 0.4) is 0 Å². The van der Waals surface area contributed by atoms with Crippen LogP contribution in [0.15, 0.2) is 30.5 Å². The summed E-state index contributed by atoms with van der Waals surface area (Å²) in [6.45, 7) is 8.46. The number of aryl methyl sites for hydroxylation is 1. The number of imidazole rings is 1. The molecule has 0 aliphatic rings. The van der Waals surface area contributed by atoms with Gasteiger partial charge in [0.1, 0.15) is 16.9 Å². The van der Waals surface area contributed by atoms with Gasteiger partial charge in [0.05, 0.1) is 11.0 Å². The number of hydrogen-bond acceptors (Lipinski definition) is 4. The Labute approximate surface area is 145 Å². The van der Waals surface area contributed by atoms with Gasteiger partial charge in [0, 0.05) is 19.7 Å². The third-order valence-electron chi connectivity index (χ3n) is 4.21. The molecule has 6 heteroatoms. The molecule has 25 heavy (non-hydrogen) atoms. The molecule has 0 bridgehead atoms. The summed E-state index contributed by atoms with van der Waals surface area (Å²) >= 11 is 0. The Morgan fingerprint density at radius 2 is 1.96 bits per heavy atom.